The third-order valence-corrected chi connectivity index (χ3v) is 11.2. The van der Waals surface area contributed by atoms with Crippen LogP contribution in [0.5, 0.6) is 0 Å². The molecule has 0 spiro atoms. The molecule has 0 saturated heterocycles. The summed E-state index contributed by atoms with van der Waals surface area (Å²) in [5.74, 6) is 3.38. The predicted molar refractivity (Wildman–Crippen MR) is 167 cm³/mol. The maximum atomic E-state index is 2.99. The van der Waals surface area contributed by atoms with E-state index in [1.807, 2.05) is 15.4 Å². The van der Waals surface area contributed by atoms with Crippen molar-refractivity contribution < 1.29 is 49.0 Å². The van der Waals surface area contributed by atoms with E-state index in [1.54, 1.807) is 62.8 Å². The standard InChI is InChI=1S/C21H25.C12H18.C5H5.2ClH.Zr/c1-20(2,3)16-9-7-14-11-15-8-10-17(21(4,5)6)13-19(15)18(14)12-16;1-2-12-6-9-3-10(7-12)5-11(4-9)8-12;1-2-4-5-3-1;;;/h7-13H,1-6H3;9-11H,3-8H2,1H3;1-3H,4H2;2*1H;/q-1;;-1;;;+2/p-2. The first-order valence-corrected chi connectivity index (χ1v) is 16.5. The Morgan fingerprint density at radius 3 is 1.51 bits per heavy atom. The average Bonchev–Trinajstić information content (AvgIpc) is 3.53. The van der Waals surface area contributed by atoms with E-state index in [-0.39, 0.29) is 35.6 Å². The van der Waals surface area contributed by atoms with E-state index in [0.29, 0.717) is 0 Å². The van der Waals surface area contributed by atoms with Gasteiger partial charge in [0.25, 0.3) is 0 Å². The van der Waals surface area contributed by atoms with Gasteiger partial charge >= 0.3 is 96.1 Å². The number of benzene rings is 2. The van der Waals surface area contributed by atoms with Gasteiger partial charge in [0.2, 0.25) is 0 Å². The van der Waals surface area contributed by atoms with Crippen LogP contribution < -0.4 is 24.8 Å². The number of fused-ring (bicyclic) bond motifs is 3. The summed E-state index contributed by atoms with van der Waals surface area (Å²) in [5, 5.41) is 5.49. The van der Waals surface area contributed by atoms with Crippen LogP contribution in [0.4, 0.5) is 0 Å². The second kappa shape index (κ2) is 13.4. The fourth-order valence-corrected chi connectivity index (χ4v) is 8.59. The minimum absolute atomic E-state index is 0. The maximum Gasteiger partial charge on any atom is -0.109 e. The van der Waals surface area contributed by atoms with Crippen molar-refractivity contribution in [2.45, 2.75) is 104 Å². The molecule has 220 valence electrons. The van der Waals surface area contributed by atoms with Crippen LogP contribution >= 0.6 is 0 Å². The van der Waals surface area contributed by atoms with E-state index in [0.717, 1.165) is 29.6 Å². The van der Waals surface area contributed by atoms with Crippen LogP contribution in [0.15, 0.2) is 60.7 Å². The van der Waals surface area contributed by atoms with Gasteiger partial charge in [-0.25, -0.2) is 12.2 Å². The van der Waals surface area contributed by atoms with Crippen molar-refractivity contribution in [2.75, 3.05) is 0 Å². The average molecular weight is 667 g/mol. The first kappa shape index (κ1) is 34.6. The number of rotatable bonds is 1. The summed E-state index contributed by atoms with van der Waals surface area (Å²) in [6, 6.07) is 16.1. The maximum absolute atomic E-state index is 2.99. The van der Waals surface area contributed by atoms with Crippen molar-refractivity contribution in [1.29, 1.82) is 0 Å². The molecule has 4 fully saturated rings. The summed E-state index contributed by atoms with van der Waals surface area (Å²) in [7, 11) is 0. The Morgan fingerprint density at radius 1 is 0.780 bits per heavy atom. The molecular formula is C38H48Cl2Zr-2. The fraction of sp³-hybridized carbons (Fsp3) is 0.526. The van der Waals surface area contributed by atoms with Gasteiger partial charge in [-0.3, -0.25) is 6.08 Å². The summed E-state index contributed by atoms with van der Waals surface area (Å²) in [6.07, 6.45) is 19.5. The third kappa shape index (κ3) is 7.80. The molecule has 0 atom stereocenters. The molecule has 0 radical (unpaired) electrons. The molecular weight excluding hydrogens is 619 g/mol. The molecule has 3 aromatic carbocycles. The summed E-state index contributed by atoms with van der Waals surface area (Å²) in [6.45, 7) is 16.1. The minimum Gasteiger partial charge on any atom is -1.00 e. The van der Waals surface area contributed by atoms with E-state index in [1.165, 1.54) is 32.7 Å². The Balaban J connectivity index is 0.000000196. The fourth-order valence-electron chi connectivity index (χ4n) is 7.84. The van der Waals surface area contributed by atoms with Gasteiger partial charge in [0.1, 0.15) is 0 Å². The molecule has 41 heavy (non-hydrogen) atoms. The quantitative estimate of drug-likeness (QED) is 0.335. The Morgan fingerprint density at radius 2 is 1.22 bits per heavy atom. The van der Waals surface area contributed by atoms with Crippen molar-refractivity contribution in [3.8, 4) is 0 Å². The number of halogens is 2. The second-order valence-electron chi connectivity index (χ2n) is 15.1. The van der Waals surface area contributed by atoms with Crippen molar-refractivity contribution >= 4 is 24.8 Å². The van der Waals surface area contributed by atoms with E-state index in [9.17, 15) is 0 Å². The molecule has 0 aliphatic heterocycles. The Kier molecular flexibility index (Phi) is 11.3. The second-order valence-corrected chi connectivity index (χ2v) is 16.9. The van der Waals surface area contributed by atoms with Crippen LogP contribution in [0.2, 0.25) is 0 Å². The zero-order valence-electron chi connectivity index (χ0n) is 26.2. The van der Waals surface area contributed by atoms with Gasteiger partial charge in [-0.2, -0.15) is 6.08 Å². The number of hydrogen-bond donors (Lipinski definition) is 0. The van der Waals surface area contributed by atoms with Crippen molar-refractivity contribution in [3.05, 3.63) is 77.9 Å². The van der Waals surface area contributed by atoms with Crippen molar-refractivity contribution in [1.82, 2.24) is 0 Å². The van der Waals surface area contributed by atoms with Gasteiger partial charge in [-0.05, 0) is 10.8 Å². The molecule has 5 aliphatic carbocycles. The van der Waals surface area contributed by atoms with Crippen LogP contribution in [0.25, 0.3) is 21.5 Å². The molecule has 5 aliphatic rings. The van der Waals surface area contributed by atoms with E-state index in [4.69, 9.17) is 0 Å². The molecule has 3 aromatic rings. The molecule has 4 bridgehead atoms. The van der Waals surface area contributed by atoms with Crippen LogP contribution in [-0.4, -0.2) is 3.21 Å². The molecule has 0 heterocycles. The monoisotopic (exact) mass is 664 g/mol. The van der Waals surface area contributed by atoms with E-state index in [2.05, 4.69) is 103 Å². The minimum atomic E-state index is 0. The summed E-state index contributed by atoms with van der Waals surface area (Å²) in [4.78, 5) is 0. The topological polar surface area (TPSA) is 0 Å². The van der Waals surface area contributed by atoms with Gasteiger partial charge < -0.3 is 24.8 Å². The molecule has 0 N–H and O–H groups in total. The number of allylic oxidation sites excluding steroid dienone is 4. The largest absolute Gasteiger partial charge is 1.00 e. The molecule has 8 rings (SSSR count). The van der Waals surface area contributed by atoms with Gasteiger partial charge in [-0.1, -0.05) is 76.9 Å². The first-order valence-electron chi connectivity index (χ1n) is 15.3. The van der Waals surface area contributed by atoms with Gasteiger partial charge in [-0.15, -0.1) is 46.2 Å². The molecule has 0 unspecified atom stereocenters. The zero-order chi connectivity index (χ0) is 28.0. The van der Waals surface area contributed by atoms with Crippen LogP contribution in [0, 0.1) is 29.2 Å². The SMILES string of the molecule is CC(C)(C)c1ccc2[cH-]c3ccc(C(C)(C)C)cc3c2c1.C[C](=[Zr+2])C12CC3CC(CC(C3)C1)C2.[C-]1=CC=CC1.[Cl-].[Cl-]. The normalized spacial score (nSPS) is 25.6. The van der Waals surface area contributed by atoms with Crippen molar-refractivity contribution in [2.24, 2.45) is 23.2 Å². The van der Waals surface area contributed by atoms with Gasteiger partial charge in [0, 0.05) is 0 Å². The molecule has 3 heteroatoms. The summed E-state index contributed by atoms with van der Waals surface area (Å²) < 4.78 is 1.83. The van der Waals surface area contributed by atoms with E-state index < -0.39 is 0 Å². The summed E-state index contributed by atoms with van der Waals surface area (Å²) >= 11 is 1.71. The van der Waals surface area contributed by atoms with Crippen molar-refractivity contribution in [3.63, 3.8) is 0 Å². The molecule has 0 amide bonds. The van der Waals surface area contributed by atoms with Crippen LogP contribution in [-0.2, 0) is 35.1 Å². The molecule has 0 aromatic heterocycles. The Labute approximate surface area is 277 Å². The molecule has 0 nitrogen and oxygen atoms in total. The predicted octanol–water partition coefficient (Wildman–Crippen LogP) is 4.56. The Hall–Kier alpha value is -0.877. The third-order valence-electron chi connectivity index (χ3n) is 9.86. The van der Waals surface area contributed by atoms with Crippen LogP contribution in [0.1, 0.15) is 105 Å². The van der Waals surface area contributed by atoms with Crippen LogP contribution in [0.3, 0.4) is 0 Å². The first-order chi connectivity index (χ1) is 18.3. The smallest absolute Gasteiger partial charge is 0.109 e. The molecule has 4 saturated carbocycles. The van der Waals surface area contributed by atoms with Gasteiger partial charge in [0.05, 0.1) is 0 Å². The Bertz CT molecular complexity index is 1290. The summed E-state index contributed by atoms with van der Waals surface area (Å²) in [5.41, 5.74) is 3.96. The van der Waals surface area contributed by atoms with E-state index >= 15 is 0 Å². The van der Waals surface area contributed by atoms with Gasteiger partial charge in [0.15, 0.2) is 0 Å². The number of hydrogen-bond acceptors (Lipinski definition) is 0. The zero-order valence-corrected chi connectivity index (χ0v) is 30.2.